The van der Waals surface area contributed by atoms with E-state index < -0.39 is 35.1 Å². The lowest BCUT2D eigenvalue weighted by atomic mass is 9.78. The molecule has 0 aliphatic carbocycles. The number of nitrogens with one attached hydrogen (secondary N) is 1. The predicted octanol–water partition coefficient (Wildman–Crippen LogP) is 4.89. The smallest absolute Gasteiger partial charge is 0.376 e. The van der Waals surface area contributed by atoms with Crippen molar-refractivity contribution in [1.29, 1.82) is 0 Å². The highest BCUT2D eigenvalue weighted by atomic mass is 35.5. The molecular weight excluding hydrogens is 470 g/mol. The van der Waals surface area contributed by atoms with Crippen molar-refractivity contribution in [3.8, 4) is 11.1 Å². The largest absolute Gasteiger partial charge is 0.422 e. The molecule has 0 amide bonds. The predicted molar refractivity (Wildman–Crippen MR) is 115 cm³/mol. The first-order valence-electron chi connectivity index (χ1n) is 9.30. The number of H-pyrrole nitrogens is 1. The zero-order chi connectivity index (χ0) is 23.8. The van der Waals surface area contributed by atoms with Crippen LogP contribution in [0.1, 0.15) is 35.8 Å². The molecule has 1 aromatic heterocycles. The molecule has 170 valence electrons. The molecule has 2 unspecified atom stereocenters. The van der Waals surface area contributed by atoms with Crippen molar-refractivity contribution in [2.75, 3.05) is 0 Å². The van der Waals surface area contributed by atoms with Gasteiger partial charge in [-0.25, -0.2) is 0 Å². The molecule has 32 heavy (non-hydrogen) atoms. The molecule has 4 N–H and O–H groups in total. The zero-order valence-electron chi connectivity index (χ0n) is 16.5. The molecule has 0 aliphatic rings. The highest BCUT2D eigenvalue weighted by Crippen LogP contribution is 2.49. The Bertz CT molecular complexity index is 1180. The molecule has 5 nitrogen and oxygen atoms in total. The third-order valence-electron chi connectivity index (χ3n) is 5.36. The zero-order valence-corrected chi connectivity index (χ0v) is 18.0. The number of benzene rings is 2. The third-order valence-corrected chi connectivity index (χ3v) is 6.02. The number of rotatable bonds is 5. The van der Waals surface area contributed by atoms with Gasteiger partial charge < -0.3 is 20.3 Å². The van der Waals surface area contributed by atoms with Crippen LogP contribution in [0.5, 0.6) is 0 Å². The summed E-state index contributed by atoms with van der Waals surface area (Å²) in [5.74, 6) is -1.52. The summed E-state index contributed by atoms with van der Waals surface area (Å²) in [6, 6.07) is 10.6. The van der Waals surface area contributed by atoms with Gasteiger partial charge >= 0.3 is 6.18 Å². The van der Waals surface area contributed by atoms with Crippen LogP contribution in [-0.4, -0.2) is 26.5 Å². The first kappa shape index (κ1) is 24.3. The van der Waals surface area contributed by atoms with E-state index in [1.54, 1.807) is 6.07 Å². The number of aromatic nitrogens is 1. The summed E-state index contributed by atoms with van der Waals surface area (Å²) in [5.41, 5.74) is -3.24. The highest BCUT2D eigenvalue weighted by molar-refractivity contribution is 6.32. The van der Waals surface area contributed by atoms with E-state index in [1.807, 2.05) is 0 Å². The van der Waals surface area contributed by atoms with Gasteiger partial charge in [-0.2, -0.15) is 13.2 Å². The van der Waals surface area contributed by atoms with Gasteiger partial charge in [0.2, 0.25) is 5.56 Å². The monoisotopic (exact) mass is 487 g/mol. The topological polar surface area (TPSA) is 93.5 Å². The Morgan fingerprint density at radius 3 is 1.84 bits per heavy atom. The summed E-state index contributed by atoms with van der Waals surface area (Å²) in [7, 11) is 0. The fraction of sp³-hybridized carbons (Fsp3) is 0.227. The van der Waals surface area contributed by atoms with Gasteiger partial charge in [0.1, 0.15) is 0 Å². The number of halogens is 5. The number of aliphatic hydroxyl groups excluding tert-OH is 1. The number of aromatic amines is 1. The SMILES string of the molecule is CC(c1ccc(-c2ccc(C(O)O)c(Cl)c2)cc1Cl)C(O)(c1ccc(=O)[nH]c1)C(F)(F)F. The summed E-state index contributed by atoms with van der Waals surface area (Å²) in [4.78, 5) is 13.4. The van der Waals surface area contributed by atoms with Gasteiger partial charge in [-0.15, -0.1) is 0 Å². The third kappa shape index (κ3) is 4.42. The Kier molecular flexibility index (Phi) is 6.74. The van der Waals surface area contributed by atoms with Crippen molar-refractivity contribution in [3.63, 3.8) is 0 Å². The van der Waals surface area contributed by atoms with Crippen LogP contribution < -0.4 is 5.56 Å². The van der Waals surface area contributed by atoms with E-state index >= 15 is 0 Å². The minimum absolute atomic E-state index is 0.0236. The summed E-state index contributed by atoms with van der Waals surface area (Å²) in [5, 5.41) is 29.4. The van der Waals surface area contributed by atoms with E-state index in [0.29, 0.717) is 11.1 Å². The normalized spacial score (nSPS) is 14.9. The molecular formula is C22H18Cl2F3NO4. The average molecular weight is 488 g/mol. The molecule has 0 radical (unpaired) electrons. The summed E-state index contributed by atoms with van der Waals surface area (Å²) < 4.78 is 42.0. The number of hydrogen-bond donors (Lipinski definition) is 4. The van der Waals surface area contributed by atoms with Gasteiger partial charge in [0.05, 0.1) is 0 Å². The van der Waals surface area contributed by atoms with E-state index in [1.165, 1.54) is 37.3 Å². The van der Waals surface area contributed by atoms with Crippen LogP contribution >= 0.6 is 23.2 Å². The second-order valence-corrected chi connectivity index (χ2v) is 8.09. The second-order valence-electron chi connectivity index (χ2n) is 7.27. The van der Waals surface area contributed by atoms with Crippen LogP contribution in [0.4, 0.5) is 13.2 Å². The van der Waals surface area contributed by atoms with E-state index in [4.69, 9.17) is 23.2 Å². The quantitative estimate of drug-likeness (QED) is 0.385. The number of alkyl halides is 3. The Labute approximate surface area is 190 Å². The van der Waals surface area contributed by atoms with E-state index in [0.717, 1.165) is 18.3 Å². The van der Waals surface area contributed by atoms with Gasteiger partial charge in [-0.1, -0.05) is 54.4 Å². The van der Waals surface area contributed by atoms with Gasteiger partial charge in [0.15, 0.2) is 11.9 Å². The van der Waals surface area contributed by atoms with Crippen LogP contribution in [0, 0.1) is 0 Å². The Balaban J connectivity index is 2.04. The lowest BCUT2D eigenvalue weighted by Gasteiger charge is -2.36. The molecule has 0 spiro atoms. The molecule has 0 saturated carbocycles. The second kappa shape index (κ2) is 8.88. The molecule has 2 atom stereocenters. The molecule has 0 saturated heterocycles. The highest BCUT2D eigenvalue weighted by Gasteiger charge is 2.59. The van der Waals surface area contributed by atoms with Crippen molar-refractivity contribution < 1.29 is 28.5 Å². The van der Waals surface area contributed by atoms with E-state index in [9.17, 15) is 33.3 Å². The Morgan fingerprint density at radius 2 is 1.44 bits per heavy atom. The molecule has 0 fully saturated rings. The van der Waals surface area contributed by atoms with Crippen molar-refractivity contribution in [2.45, 2.75) is 30.9 Å². The van der Waals surface area contributed by atoms with Gasteiger partial charge in [-0.05, 0) is 34.9 Å². The average Bonchev–Trinajstić information content (AvgIpc) is 2.72. The fourth-order valence-electron chi connectivity index (χ4n) is 3.51. The van der Waals surface area contributed by atoms with Crippen LogP contribution in [0.15, 0.2) is 59.5 Å². The molecule has 3 rings (SSSR count). The molecule has 10 heteroatoms. The van der Waals surface area contributed by atoms with Crippen LogP contribution in [0.2, 0.25) is 10.0 Å². The lowest BCUT2D eigenvalue weighted by Crippen LogP contribution is -2.46. The van der Waals surface area contributed by atoms with Crippen molar-refractivity contribution >= 4 is 23.2 Å². The first-order chi connectivity index (χ1) is 14.9. The Morgan fingerprint density at radius 1 is 0.906 bits per heavy atom. The van der Waals surface area contributed by atoms with E-state index in [2.05, 4.69) is 4.98 Å². The summed E-state index contributed by atoms with van der Waals surface area (Å²) >= 11 is 12.4. The maximum absolute atomic E-state index is 14.0. The maximum Gasteiger partial charge on any atom is 0.422 e. The van der Waals surface area contributed by atoms with Crippen LogP contribution in [-0.2, 0) is 5.60 Å². The van der Waals surface area contributed by atoms with Crippen LogP contribution in [0.3, 0.4) is 0 Å². The minimum atomic E-state index is -5.07. The van der Waals surface area contributed by atoms with Gasteiger partial charge in [0.25, 0.3) is 0 Å². The van der Waals surface area contributed by atoms with Gasteiger partial charge in [-0.3, -0.25) is 4.79 Å². The molecule has 0 aliphatic heterocycles. The van der Waals surface area contributed by atoms with Gasteiger partial charge in [0, 0.05) is 39.4 Å². The van der Waals surface area contributed by atoms with E-state index in [-0.39, 0.29) is 21.2 Å². The first-order valence-corrected chi connectivity index (χ1v) is 10.1. The molecule has 0 bridgehead atoms. The maximum atomic E-state index is 14.0. The Hall–Kier alpha value is -2.36. The number of hydrogen-bond acceptors (Lipinski definition) is 4. The summed E-state index contributed by atoms with van der Waals surface area (Å²) in [6.07, 6.45) is -5.99. The number of aliphatic hydroxyl groups is 3. The lowest BCUT2D eigenvalue weighted by molar-refractivity contribution is -0.274. The van der Waals surface area contributed by atoms with Crippen molar-refractivity contribution in [3.05, 3.63) is 91.8 Å². The van der Waals surface area contributed by atoms with Crippen LogP contribution in [0.25, 0.3) is 11.1 Å². The minimum Gasteiger partial charge on any atom is -0.376 e. The van der Waals surface area contributed by atoms with Crippen molar-refractivity contribution in [1.82, 2.24) is 4.98 Å². The molecule has 3 aromatic rings. The molecule has 2 aromatic carbocycles. The number of pyridine rings is 1. The standard InChI is InChI=1S/C22H18Cl2F3NO4/c1-11(21(32,22(25,26)27)14-4-7-19(29)28-10-14)15-5-2-12(8-17(15)23)13-3-6-16(20(30)31)18(24)9-13/h2-11,20,30-32H,1H3,(H,28,29). The summed E-state index contributed by atoms with van der Waals surface area (Å²) in [6.45, 7) is 1.19. The molecule has 1 heterocycles. The van der Waals surface area contributed by atoms with Crippen molar-refractivity contribution in [2.24, 2.45) is 0 Å². The fourth-order valence-corrected chi connectivity index (χ4v) is 4.13.